The fourth-order valence-corrected chi connectivity index (χ4v) is 3.29. The number of hydrogen-bond acceptors (Lipinski definition) is 5. The fourth-order valence-electron chi connectivity index (χ4n) is 2.38. The lowest BCUT2D eigenvalue weighted by Gasteiger charge is -2.05. The largest absolute Gasteiger partial charge is 0.311 e. The van der Waals surface area contributed by atoms with E-state index in [0.717, 1.165) is 15.8 Å². The monoisotopic (exact) mass is 251 g/mol. The molecule has 0 aromatic carbocycles. The molecular formula is C11H17N5S. The van der Waals surface area contributed by atoms with Crippen molar-refractivity contribution >= 4 is 16.3 Å². The van der Waals surface area contributed by atoms with Crippen LogP contribution in [0.2, 0.25) is 0 Å². The maximum Gasteiger partial charge on any atom is 0.234 e. The van der Waals surface area contributed by atoms with Gasteiger partial charge in [0.25, 0.3) is 0 Å². The van der Waals surface area contributed by atoms with E-state index in [2.05, 4.69) is 27.5 Å². The van der Waals surface area contributed by atoms with Gasteiger partial charge in [0.2, 0.25) is 4.96 Å². The second-order valence-electron chi connectivity index (χ2n) is 4.68. The Hall–Kier alpha value is -1.01. The van der Waals surface area contributed by atoms with E-state index in [4.69, 9.17) is 0 Å². The van der Waals surface area contributed by atoms with Gasteiger partial charge in [0.1, 0.15) is 5.01 Å². The molecule has 17 heavy (non-hydrogen) atoms. The second kappa shape index (κ2) is 4.34. The van der Waals surface area contributed by atoms with E-state index >= 15 is 0 Å². The van der Waals surface area contributed by atoms with Gasteiger partial charge in [0.15, 0.2) is 5.82 Å². The van der Waals surface area contributed by atoms with Crippen LogP contribution in [-0.2, 0) is 0 Å². The van der Waals surface area contributed by atoms with Crippen LogP contribution < -0.4 is 5.32 Å². The number of nitrogens with zero attached hydrogens (tertiary/aromatic N) is 4. The lowest BCUT2D eigenvalue weighted by molar-refractivity contribution is 0.609. The van der Waals surface area contributed by atoms with E-state index in [9.17, 15) is 0 Å². The first-order valence-corrected chi connectivity index (χ1v) is 7.00. The van der Waals surface area contributed by atoms with Gasteiger partial charge in [-0.05, 0) is 26.8 Å². The Balaban J connectivity index is 1.99. The summed E-state index contributed by atoms with van der Waals surface area (Å²) in [6, 6.07) is 0.276. The Bertz CT molecular complexity index is 511. The molecule has 1 saturated carbocycles. The third-order valence-corrected chi connectivity index (χ3v) is 4.64. The van der Waals surface area contributed by atoms with E-state index in [1.54, 1.807) is 11.3 Å². The van der Waals surface area contributed by atoms with Gasteiger partial charge in [-0.2, -0.15) is 9.61 Å². The molecule has 2 aromatic rings. The van der Waals surface area contributed by atoms with Gasteiger partial charge in [-0.15, -0.1) is 10.2 Å². The maximum absolute atomic E-state index is 4.64. The Morgan fingerprint density at radius 3 is 2.82 bits per heavy atom. The van der Waals surface area contributed by atoms with Crippen molar-refractivity contribution in [3.05, 3.63) is 10.8 Å². The van der Waals surface area contributed by atoms with E-state index in [0.29, 0.717) is 5.92 Å². The molecule has 1 fully saturated rings. The number of fused-ring (bicyclic) bond motifs is 1. The van der Waals surface area contributed by atoms with E-state index in [-0.39, 0.29) is 6.04 Å². The minimum Gasteiger partial charge on any atom is -0.311 e. The van der Waals surface area contributed by atoms with Gasteiger partial charge in [0, 0.05) is 5.92 Å². The molecule has 0 aliphatic heterocycles. The summed E-state index contributed by atoms with van der Waals surface area (Å²) in [5.74, 6) is 1.62. The summed E-state index contributed by atoms with van der Waals surface area (Å²) in [5, 5.41) is 17.5. The predicted octanol–water partition coefficient (Wildman–Crippen LogP) is 2.12. The number of aromatic nitrogens is 4. The third-order valence-electron chi connectivity index (χ3n) is 3.55. The highest BCUT2D eigenvalue weighted by Crippen LogP contribution is 2.33. The van der Waals surface area contributed by atoms with Crippen LogP contribution in [0, 0.1) is 0 Å². The molecule has 0 saturated heterocycles. The SMILES string of the molecule is CNC(C)c1nn2c(C3CCCC3)nnc2s1. The van der Waals surface area contributed by atoms with Gasteiger partial charge >= 0.3 is 0 Å². The van der Waals surface area contributed by atoms with Crippen LogP contribution in [0.15, 0.2) is 0 Å². The highest BCUT2D eigenvalue weighted by molar-refractivity contribution is 7.16. The summed E-state index contributed by atoms with van der Waals surface area (Å²) < 4.78 is 1.95. The zero-order chi connectivity index (χ0) is 11.8. The standard InChI is InChI=1S/C11H17N5S/c1-7(12-2)10-15-16-9(8-5-3-4-6-8)13-14-11(16)17-10/h7-8,12H,3-6H2,1-2H3. The summed E-state index contributed by atoms with van der Waals surface area (Å²) in [5.41, 5.74) is 0. The molecule has 1 unspecified atom stereocenters. The number of rotatable bonds is 3. The fraction of sp³-hybridized carbons (Fsp3) is 0.727. The van der Waals surface area contributed by atoms with Crippen molar-refractivity contribution in [1.82, 2.24) is 25.1 Å². The molecule has 0 spiro atoms. The second-order valence-corrected chi connectivity index (χ2v) is 5.67. The van der Waals surface area contributed by atoms with Gasteiger partial charge in [0.05, 0.1) is 6.04 Å². The summed E-state index contributed by atoms with van der Waals surface area (Å²) >= 11 is 1.63. The van der Waals surface area contributed by atoms with Crippen molar-refractivity contribution in [2.24, 2.45) is 0 Å². The lowest BCUT2D eigenvalue weighted by Crippen LogP contribution is -2.12. The average Bonchev–Trinajstić information content (AvgIpc) is 3.02. The minimum atomic E-state index is 0.276. The first-order chi connectivity index (χ1) is 8.29. The van der Waals surface area contributed by atoms with Gasteiger partial charge < -0.3 is 5.32 Å². The molecule has 92 valence electrons. The molecule has 2 aromatic heterocycles. The topological polar surface area (TPSA) is 55.1 Å². The molecular weight excluding hydrogens is 234 g/mol. The zero-order valence-corrected chi connectivity index (χ0v) is 11.0. The Labute approximate surface area is 104 Å². The van der Waals surface area contributed by atoms with E-state index < -0.39 is 0 Å². The van der Waals surface area contributed by atoms with E-state index in [1.165, 1.54) is 25.7 Å². The van der Waals surface area contributed by atoms with Gasteiger partial charge in [-0.1, -0.05) is 24.2 Å². The summed E-state index contributed by atoms with van der Waals surface area (Å²) in [4.78, 5) is 0.920. The van der Waals surface area contributed by atoms with Crippen LogP contribution in [0.5, 0.6) is 0 Å². The van der Waals surface area contributed by atoms with Crippen molar-refractivity contribution in [3.63, 3.8) is 0 Å². The number of nitrogens with one attached hydrogen (secondary N) is 1. The molecule has 1 aliphatic rings. The normalized spacial score (nSPS) is 19.2. The molecule has 1 atom stereocenters. The van der Waals surface area contributed by atoms with Crippen molar-refractivity contribution < 1.29 is 0 Å². The molecule has 1 N–H and O–H groups in total. The molecule has 0 bridgehead atoms. The molecule has 0 radical (unpaired) electrons. The van der Waals surface area contributed by atoms with Crippen molar-refractivity contribution in [1.29, 1.82) is 0 Å². The predicted molar refractivity (Wildman–Crippen MR) is 67.3 cm³/mol. The quantitative estimate of drug-likeness (QED) is 0.908. The summed E-state index contributed by atoms with van der Waals surface area (Å²) in [6.07, 6.45) is 5.08. The summed E-state index contributed by atoms with van der Waals surface area (Å²) in [7, 11) is 1.95. The lowest BCUT2D eigenvalue weighted by atomic mass is 10.1. The molecule has 6 heteroatoms. The highest BCUT2D eigenvalue weighted by Gasteiger charge is 2.24. The van der Waals surface area contributed by atoms with Gasteiger partial charge in [-0.3, -0.25) is 0 Å². The van der Waals surface area contributed by atoms with Crippen LogP contribution in [0.1, 0.15) is 55.4 Å². The van der Waals surface area contributed by atoms with Crippen LogP contribution in [0.3, 0.4) is 0 Å². The molecule has 3 rings (SSSR count). The Morgan fingerprint density at radius 2 is 2.12 bits per heavy atom. The Kier molecular flexibility index (Phi) is 2.84. The molecule has 0 amide bonds. The third kappa shape index (κ3) is 1.85. The maximum atomic E-state index is 4.64. The minimum absolute atomic E-state index is 0.276. The zero-order valence-electron chi connectivity index (χ0n) is 10.2. The van der Waals surface area contributed by atoms with Crippen molar-refractivity contribution in [3.8, 4) is 0 Å². The van der Waals surface area contributed by atoms with Crippen molar-refractivity contribution in [2.75, 3.05) is 7.05 Å². The molecule has 2 heterocycles. The van der Waals surface area contributed by atoms with Crippen molar-refractivity contribution in [2.45, 2.75) is 44.6 Å². The first kappa shape index (κ1) is 11.1. The average molecular weight is 251 g/mol. The van der Waals surface area contributed by atoms with Gasteiger partial charge in [-0.25, -0.2) is 0 Å². The highest BCUT2D eigenvalue weighted by atomic mass is 32.1. The van der Waals surface area contributed by atoms with E-state index in [1.807, 2.05) is 11.6 Å². The number of hydrogen-bond donors (Lipinski definition) is 1. The molecule has 1 aliphatic carbocycles. The van der Waals surface area contributed by atoms with Crippen LogP contribution in [0.25, 0.3) is 4.96 Å². The van der Waals surface area contributed by atoms with Crippen LogP contribution in [-0.4, -0.2) is 26.9 Å². The van der Waals surface area contributed by atoms with Crippen LogP contribution in [0.4, 0.5) is 0 Å². The summed E-state index contributed by atoms with van der Waals surface area (Å²) in [6.45, 7) is 2.11. The first-order valence-electron chi connectivity index (χ1n) is 6.19. The molecule has 5 nitrogen and oxygen atoms in total. The van der Waals surface area contributed by atoms with Crippen LogP contribution >= 0.6 is 11.3 Å². The smallest absolute Gasteiger partial charge is 0.234 e. The Morgan fingerprint density at radius 1 is 1.35 bits per heavy atom.